The monoisotopic (exact) mass is 179 g/mol. The first-order valence-corrected chi connectivity index (χ1v) is 3.73. The van der Waals surface area contributed by atoms with Crippen LogP contribution in [0.4, 0.5) is 8.78 Å². The Morgan fingerprint density at radius 2 is 2.08 bits per heavy atom. The number of hydrogen-bond acceptors (Lipinski definition) is 2. The highest BCUT2D eigenvalue weighted by Crippen LogP contribution is 2.46. The molecule has 1 saturated carbocycles. The minimum Gasteiger partial charge on any atom is -0.481 e. The van der Waals surface area contributed by atoms with Crippen LogP contribution in [0.3, 0.4) is 0 Å². The summed E-state index contributed by atoms with van der Waals surface area (Å²) in [5.41, 5.74) is 3.79. The van der Waals surface area contributed by atoms with E-state index in [1.807, 2.05) is 0 Å². The molecule has 1 atom stereocenters. The molecule has 5 heteroatoms. The van der Waals surface area contributed by atoms with E-state index < -0.39 is 23.7 Å². The zero-order valence-electron chi connectivity index (χ0n) is 6.52. The first-order valence-electron chi connectivity index (χ1n) is 3.73. The summed E-state index contributed by atoms with van der Waals surface area (Å²) >= 11 is 0. The Morgan fingerprint density at radius 1 is 1.50 bits per heavy atom. The summed E-state index contributed by atoms with van der Waals surface area (Å²) in [6, 6.07) is 0. The van der Waals surface area contributed by atoms with E-state index in [4.69, 9.17) is 10.8 Å². The number of aliphatic carboxylic acids is 1. The van der Waals surface area contributed by atoms with Crippen molar-refractivity contribution in [3.05, 3.63) is 0 Å². The van der Waals surface area contributed by atoms with Crippen LogP contribution in [0.1, 0.15) is 19.3 Å². The van der Waals surface area contributed by atoms with E-state index in [2.05, 4.69) is 0 Å². The molecule has 0 aliphatic heterocycles. The molecule has 1 aliphatic carbocycles. The standard InChI is InChI=1S/C7H11F2NO2/c8-7(9)2-1-6(3-7,4-10)5(11)12/h1-4,10H2,(H,11,12). The molecule has 0 saturated heterocycles. The Bertz CT molecular complexity index is 208. The van der Waals surface area contributed by atoms with Crippen molar-refractivity contribution in [2.75, 3.05) is 6.54 Å². The maximum atomic E-state index is 12.7. The normalized spacial score (nSPS) is 33.6. The van der Waals surface area contributed by atoms with Crippen molar-refractivity contribution in [2.45, 2.75) is 25.2 Å². The van der Waals surface area contributed by atoms with Crippen molar-refractivity contribution >= 4 is 5.97 Å². The Kier molecular flexibility index (Phi) is 2.07. The number of carboxylic acids is 1. The molecule has 0 spiro atoms. The lowest BCUT2D eigenvalue weighted by atomic mass is 9.86. The number of carbonyl (C=O) groups is 1. The molecule has 1 fully saturated rings. The second-order valence-electron chi connectivity index (χ2n) is 3.32. The Labute approximate surface area is 68.5 Å². The van der Waals surface area contributed by atoms with Gasteiger partial charge in [-0.05, 0) is 6.42 Å². The van der Waals surface area contributed by atoms with Crippen LogP contribution in [0, 0.1) is 5.41 Å². The molecule has 0 aromatic heterocycles. The van der Waals surface area contributed by atoms with E-state index in [0.29, 0.717) is 0 Å². The molecular formula is C7H11F2NO2. The minimum atomic E-state index is -2.85. The van der Waals surface area contributed by atoms with Gasteiger partial charge in [-0.15, -0.1) is 0 Å². The highest BCUT2D eigenvalue weighted by atomic mass is 19.3. The SMILES string of the molecule is NCC1(C(=O)O)CCC(F)(F)C1. The van der Waals surface area contributed by atoms with Gasteiger partial charge < -0.3 is 10.8 Å². The van der Waals surface area contributed by atoms with E-state index in [1.165, 1.54) is 0 Å². The zero-order valence-corrected chi connectivity index (χ0v) is 6.52. The average molecular weight is 179 g/mol. The van der Waals surface area contributed by atoms with Crippen LogP contribution in [0.2, 0.25) is 0 Å². The Morgan fingerprint density at radius 3 is 2.25 bits per heavy atom. The summed E-state index contributed by atoms with van der Waals surface area (Å²) < 4.78 is 25.3. The molecule has 70 valence electrons. The van der Waals surface area contributed by atoms with Crippen LogP contribution in [0.25, 0.3) is 0 Å². The number of hydrogen-bond donors (Lipinski definition) is 2. The predicted molar refractivity (Wildman–Crippen MR) is 37.9 cm³/mol. The first-order chi connectivity index (χ1) is 5.42. The number of rotatable bonds is 2. The van der Waals surface area contributed by atoms with Crippen molar-refractivity contribution in [3.63, 3.8) is 0 Å². The van der Waals surface area contributed by atoms with E-state index in [0.717, 1.165) is 0 Å². The largest absolute Gasteiger partial charge is 0.481 e. The molecule has 0 bridgehead atoms. The van der Waals surface area contributed by atoms with Gasteiger partial charge >= 0.3 is 5.97 Å². The maximum absolute atomic E-state index is 12.7. The minimum absolute atomic E-state index is 0.0220. The highest BCUT2D eigenvalue weighted by Gasteiger charge is 2.53. The number of alkyl halides is 2. The second-order valence-corrected chi connectivity index (χ2v) is 3.32. The van der Waals surface area contributed by atoms with Gasteiger partial charge in [0.1, 0.15) is 0 Å². The molecule has 1 unspecified atom stereocenters. The molecule has 0 aromatic carbocycles. The van der Waals surface area contributed by atoms with E-state index in [1.54, 1.807) is 0 Å². The van der Waals surface area contributed by atoms with Crippen LogP contribution >= 0.6 is 0 Å². The fourth-order valence-electron chi connectivity index (χ4n) is 1.54. The molecule has 0 radical (unpaired) electrons. The molecule has 0 aromatic rings. The van der Waals surface area contributed by atoms with E-state index in [-0.39, 0.29) is 19.4 Å². The van der Waals surface area contributed by atoms with Gasteiger partial charge in [-0.1, -0.05) is 0 Å². The van der Waals surface area contributed by atoms with Gasteiger partial charge in [0.2, 0.25) is 5.92 Å². The van der Waals surface area contributed by atoms with Gasteiger partial charge in [-0.25, -0.2) is 8.78 Å². The molecule has 1 rings (SSSR count). The first kappa shape index (κ1) is 9.38. The third-order valence-electron chi connectivity index (χ3n) is 2.41. The second kappa shape index (κ2) is 2.65. The Hall–Kier alpha value is -0.710. The lowest BCUT2D eigenvalue weighted by Gasteiger charge is -2.21. The van der Waals surface area contributed by atoms with E-state index >= 15 is 0 Å². The third kappa shape index (κ3) is 1.41. The molecule has 3 nitrogen and oxygen atoms in total. The predicted octanol–water partition coefficient (Wildman–Crippen LogP) is 0.835. The van der Waals surface area contributed by atoms with Gasteiger partial charge in [0.15, 0.2) is 0 Å². The fourth-order valence-corrected chi connectivity index (χ4v) is 1.54. The van der Waals surface area contributed by atoms with E-state index in [9.17, 15) is 13.6 Å². The maximum Gasteiger partial charge on any atom is 0.311 e. The van der Waals surface area contributed by atoms with Crippen molar-refractivity contribution in [1.29, 1.82) is 0 Å². The fraction of sp³-hybridized carbons (Fsp3) is 0.857. The van der Waals surface area contributed by atoms with Gasteiger partial charge in [0.25, 0.3) is 0 Å². The Balaban J connectivity index is 2.80. The van der Waals surface area contributed by atoms with Gasteiger partial charge in [-0.2, -0.15) is 0 Å². The van der Waals surface area contributed by atoms with Crippen molar-refractivity contribution in [3.8, 4) is 0 Å². The summed E-state index contributed by atoms with van der Waals surface area (Å²) in [4.78, 5) is 10.6. The molecule has 3 N–H and O–H groups in total. The molecule has 12 heavy (non-hydrogen) atoms. The smallest absolute Gasteiger partial charge is 0.311 e. The zero-order chi connectivity index (χ0) is 9.41. The van der Waals surface area contributed by atoms with Crippen LogP contribution in [-0.2, 0) is 4.79 Å². The van der Waals surface area contributed by atoms with Crippen LogP contribution in [0.5, 0.6) is 0 Å². The summed E-state index contributed by atoms with van der Waals surface area (Å²) in [7, 11) is 0. The summed E-state index contributed by atoms with van der Waals surface area (Å²) in [5.74, 6) is -4.06. The van der Waals surface area contributed by atoms with Gasteiger partial charge in [0.05, 0.1) is 5.41 Å². The number of halogens is 2. The molecule has 1 aliphatic rings. The van der Waals surface area contributed by atoms with Crippen molar-refractivity contribution in [2.24, 2.45) is 11.1 Å². The van der Waals surface area contributed by atoms with Gasteiger partial charge in [0, 0.05) is 19.4 Å². The quantitative estimate of drug-likeness (QED) is 0.660. The number of carboxylic acid groups (broad SMARTS) is 1. The lowest BCUT2D eigenvalue weighted by Crippen LogP contribution is -2.37. The van der Waals surface area contributed by atoms with Crippen LogP contribution in [0.15, 0.2) is 0 Å². The molecule has 0 amide bonds. The summed E-state index contributed by atoms with van der Waals surface area (Å²) in [5, 5.41) is 8.68. The van der Waals surface area contributed by atoms with Gasteiger partial charge in [-0.3, -0.25) is 4.79 Å². The summed E-state index contributed by atoms with van der Waals surface area (Å²) in [6.45, 7) is -0.210. The summed E-state index contributed by atoms with van der Waals surface area (Å²) in [6.07, 6.45) is -1.01. The third-order valence-corrected chi connectivity index (χ3v) is 2.41. The topological polar surface area (TPSA) is 63.3 Å². The molecule has 0 heterocycles. The van der Waals surface area contributed by atoms with Crippen LogP contribution < -0.4 is 5.73 Å². The average Bonchev–Trinajstić information content (AvgIpc) is 2.27. The lowest BCUT2D eigenvalue weighted by molar-refractivity contribution is -0.149. The van der Waals surface area contributed by atoms with Crippen molar-refractivity contribution in [1.82, 2.24) is 0 Å². The van der Waals surface area contributed by atoms with Crippen molar-refractivity contribution < 1.29 is 18.7 Å². The molecular weight excluding hydrogens is 168 g/mol. The highest BCUT2D eigenvalue weighted by molar-refractivity contribution is 5.75. The number of nitrogens with two attached hydrogens (primary N) is 1. The van der Waals surface area contributed by atoms with Crippen LogP contribution in [-0.4, -0.2) is 23.5 Å².